The molecule has 3 amide bonds. The molecule has 1 heterocycles. The van der Waals surface area contributed by atoms with Gasteiger partial charge in [-0.1, -0.05) is 30.3 Å². The Labute approximate surface area is 141 Å². The number of alkyl carbamates (subject to hydrolysis) is 1. The van der Waals surface area contributed by atoms with Crippen molar-refractivity contribution in [1.82, 2.24) is 15.5 Å². The molecule has 2 N–H and O–H groups in total. The number of hydrogen-bond acceptors (Lipinski definition) is 4. The number of amides is 3. The third-order valence-corrected chi connectivity index (χ3v) is 3.79. The Kier molecular flexibility index (Phi) is 6.60. The van der Waals surface area contributed by atoms with E-state index in [9.17, 15) is 14.4 Å². The number of likely N-dealkylation sites (N-methyl/N-ethyl adjacent to an activating group) is 1. The van der Waals surface area contributed by atoms with Gasteiger partial charge in [-0.25, -0.2) is 4.79 Å². The first kappa shape index (κ1) is 17.8. The molecule has 0 radical (unpaired) electrons. The maximum absolute atomic E-state index is 11.9. The van der Waals surface area contributed by atoms with Crippen molar-refractivity contribution >= 4 is 17.9 Å². The van der Waals surface area contributed by atoms with Crippen molar-refractivity contribution in [3.8, 4) is 0 Å². The van der Waals surface area contributed by atoms with E-state index >= 15 is 0 Å². The van der Waals surface area contributed by atoms with E-state index in [1.807, 2.05) is 30.3 Å². The van der Waals surface area contributed by atoms with Gasteiger partial charge in [0, 0.05) is 13.6 Å². The highest BCUT2D eigenvalue weighted by Crippen LogP contribution is 2.08. The molecular weight excluding hydrogens is 310 g/mol. The van der Waals surface area contributed by atoms with Gasteiger partial charge < -0.3 is 20.3 Å². The van der Waals surface area contributed by atoms with Crippen LogP contribution < -0.4 is 10.6 Å². The number of carbonyl (C=O) groups excluding carboxylic acids is 3. The fourth-order valence-corrected chi connectivity index (χ4v) is 2.49. The first-order chi connectivity index (χ1) is 11.6. The zero-order chi connectivity index (χ0) is 17.4. The Morgan fingerprint density at radius 2 is 2.04 bits per heavy atom. The van der Waals surface area contributed by atoms with Gasteiger partial charge in [0.15, 0.2) is 0 Å². The molecule has 1 aromatic carbocycles. The maximum atomic E-state index is 11.9. The average Bonchev–Trinajstić information content (AvgIpc) is 2.57. The second-order valence-corrected chi connectivity index (χ2v) is 5.80. The number of piperazine rings is 1. The van der Waals surface area contributed by atoms with Gasteiger partial charge in [-0.05, 0) is 24.8 Å². The number of nitrogens with zero attached hydrogens (tertiary/aromatic N) is 1. The van der Waals surface area contributed by atoms with E-state index in [4.69, 9.17) is 4.74 Å². The first-order valence-electron chi connectivity index (χ1n) is 8.05. The minimum atomic E-state index is -0.458. The molecule has 0 spiro atoms. The van der Waals surface area contributed by atoms with Crippen molar-refractivity contribution < 1.29 is 19.1 Å². The van der Waals surface area contributed by atoms with Crippen molar-refractivity contribution in [2.24, 2.45) is 0 Å². The van der Waals surface area contributed by atoms with Crippen LogP contribution in [0.2, 0.25) is 0 Å². The Hall–Kier alpha value is -2.57. The second kappa shape index (κ2) is 8.90. The minimum absolute atomic E-state index is 0.0650. The predicted molar refractivity (Wildman–Crippen MR) is 88.0 cm³/mol. The average molecular weight is 333 g/mol. The third-order valence-electron chi connectivity index (χ3n) is 3.79. The van der Waals surface area contributed by atoms with Crippen LogP contribution in [0.25, 0.3) is 0 Å². The molecule has 2 rings (SSSR count). The van der Waals surface area contributed by atoms with Gasteiger partial charge in [-0.15, -0.1) is 0 Å². The Morgan fingerprint density at radius 3 is 2.79 bits per heavy atom. The lowest BCUT2D eigenvalue weighted by Gasteiger charge is -2.29. The molecule has 1 unspecified atom stereocenters. The molecule has 1 saturated heterocycles. The number of benzene rings is 1. The first-order valence-corrected chi connectivity index (χ1v) is 8.05. The van der Waals surface area contributed by atoms with Crippen LogP contribution in [0.15, 0.2) is 30.3 Å². The minimum Gasteiger partial charge on any atom is -0.445 e. The lowest BCUT2D eigenvalue weighted by atomic mass is 10.1. The van der Waals surface area contributed by atoms with Gasteiger partial charge >= 0.3 is 6.09 Å². The van der Waals surface area contributed by atoms with Gasteiger partial charge in [0.1, 0.15) is 12.6 Å². The molecule has 0 saturated carbocycles. The van der Waals surface area contributed by atoms with Crippen molar-refractivity contribution in [3.05, 3.63) is 35.9 Å². The summed E-state index contributed by atoms with van der Waals surface area (Å²) in [5, 5.41) is 5.37. The number of hydrogen-bond donors (Lipinski definition) is 2. The molecular formula is C17H23N3O4. The number of nitrogens with one attached hydrogen (secondary N) is 2. The van der Waals surface area contributed by atoms with Gasteiger partial charge in [-0.2, -0.15) is 0 Å². The predicted octanol–water partition coefficient (Wildman–Crippen LogP) is 1.04. The Morgan fingerprint density at radius 1 is 1.29 bits per heavy atom. The van der Waals surface area contributed by atoms with Crippen LogP contribution in [0.4, 0.5) is 4.79 Å². The fourth-order valence-electron chi connectivity index (χ4n) is 2.49. The normalized spacial score (nSPS) is 17.4. The SMILES string of the molecule is CN1CC(=O)NC(CCCCNC(=O)OCc2ccccc2)C1=O. The highest BCUT2D eigenvalue weighted by Gasteiger charge is 2.29. The number of unbranched alkanes of at least 4 members (excludes halogenated alkanes) is 1. The molecule has 0 bridgehead atoms. The number of rotatable bonds is 7. The summed E-state index contributed by atoms with van der Waals surface area (Å²) in [6.07, 6.45) is 1.55. The molecule has 24 heavy (non-hydrogen) atoms. The van der Waals surface area contributed by atoms with Crippen LogP contribution in [0.3, 0.4) is 0 Å². The van der Waals surface area contributed by atoms with Crippen LogP contribution in [0.1, 0.15) is 24.8 Å². The quantitative estimate of drug-likeness (QED) is 0.730. The Bertz CT molecular complexity index is 576. The molecule has 0 aliphatic carbocycles. The number of carbonyl (C=O) groups is 3. The van der Waals surface area contributed by atoms with Gasteiger partial charge in [-0.3, -0.25) is 9.59 Å². The highest BCUT2D eigenvalue weighted by molar-refractivity contribution is 5.94. The monoisotopic (exact) mass is 333 g/mol. The highest BCUT2D eigenvalue weighted by atomic mass is 16.5. The van der Waals surface area contributed by atoms with Crippen LogP contribution in [0, 0.1) is 0 Å². The summed E-state index contributed by atoms with van der Waals surface area (Å²) in [6, 6.07) is 9.00. The Balaban J connectivity index is 1.57. The van der Waals surface area contributed by atoms with E-state index < -0.39 is 12.1 Å². The largest absolute Gasteiger partial charge is 0.445 e. The summed E-state index contributed by atoms with van der Waals surface area (Å²) in [5.74, 6) is -0.199. The zero-order valence-electron chi connectivity index (χ0n) is 13.8. The zero-order valence-corrected chi connectivity index (χ0v) is 13.8. The van der Waals surface area contributed by atoms with Crippen LogP contribution in [0.5, 0.6) is 0 Å². The molecule has 7 heteroatoms. The van der Waals surface area contributed by atoms with E-state index in [0.29, 0.717) is 19.4 Å². The van der Waals surface area contributed by atoms with E-state index in [1.165, 1.54) is 4.90 Å². The van der Waals surface area contributed by atoms with Crippen LogP contribution in [-0.4, -0.2) is 49.0 Å². The van der Waals surface area contributed by atoms with Crippen LogP contribution >= 0.6 is 0 Å². The molecule has 1 aliphatic rings. The maximum Gasteiger partial charge on any atom is 0.407 e. The molecule has 7 nitrogen and oxygen atoms in total. The van der Waals surface area contributed by atoms with E-state index in [2.05, 4.69) is 10.6 Å². The van der Waals surface area contributed by atoms with E-state index in [0.717, 1.165) is 12.0 Å². The molecule has 0 aromatic heterocycles. The van der Waals surface area contributed by atoms with Gasteiger partial charge in [0.05, 0.1) is 6.54 Å². The standard InChI is InChI=1S/C17H23N3O4/c1-20-11-15(21)19-14(16(20)22)9-5-6-10-18-17(23)24-12-13-7-3-2-4-8-13/h2-4,7-8,14H,5-6,9-12H2,1H3,(H,18,23)(H,19,21). The third kappa shape index (κ3) is 5.57. The van der Waals surface area contributed by atoms with Crippen molar-refractivity contribution in [3.63, 3.8) is 0 Å². The van der Waals surface area contributed by atoms with Crippen LogP contribution in [-0.2, 0) is 20.9 Å². The van der Waals surface area contributed by atoms with Crippen molar-refractivity contribution in [2.75, 3.05) is 20.1 Å². The summed E-state index contributed by atoms with van der Waals surface area (Å²) in [5.41, 5.74) is 0.934. The van der Waals surface area contributed by atoms with Gasteiger partial charge in [0.25, 0.3) is 0 Å². The molecule has 1 fully saturated rings. The lowest BCUT2D eigenvalue weighted by Crippen LogP contribution is -2.56. The van der Waals surface area contributed by atoms with E-state index in [-0.39, 0.29) is 25.0 Å². The molecule has 1 aromatic rings. The summed E-state index contributed by atoms with van der Waals surface area (Å²) in [4.78, 5) is 36.3. The van der Waals surface area contributed by atoms with Crippen molar-refractivity contribution in [2.45, 2.75) is 31.9 Å². The second-order valence-electron chi connectivity index (χ2n) is 5.80. The molecule has 1 atom stereocenters. The lowest BCUT2D eigenvalue weighted by molar-refractivity contribution is -0.143. The molecule has 130 valence electrons. The van der Waals surface area contributed by atoms with Gasteiger partial charge in [0.2, 0.25) is 11.8 Å². The summed E-state index contributed by atoms with van der Waals surface area (Å²) in [6.45, 7) is 0.823. The summed E-state index contributed by atoms with van der Waals surface area (Å²) in [7, 11) is 1.62. The van der Waals surface area contributed by atoms with Crippen molar-refractivity contribution in [1.29, 1.82) is 0 Å². The smallest absolute Gasteiger partial charge is 0.407 e. The number of ether oxygens (including phenoxy) is 1. The summed E-state index contributed by atoms with van der Waals surface area (Å²) >= 11 is 0. The van der Waals surface area contributed by atoms with E-state index in [1.54, 1.807) is 7.05 Å². The fraction of sp³-hybridized carbons (Fsp3) is 0.471. The summed E-state index contributed by atoms with van der Waals surface area (Å²) < 4.78 is 5.10. The topological polar surface area (TPSA) is 87.7 Å². The molecule has 1 aliphatic heterocycles.